The molecule has 0 spiro atoms. The molecule has 0 unspecified atom stereocenters. The van der Waals surface area contributed by atoms with E-state index in [2.05, 4.69) is 0 Å². The molecule has 0 radical (unpaired) electrons. The van der Waals surface area contributed by atoms with Crippen molar-refractivity contribution in [3.05, 3.63) is 0 Å². The summed E-state index contributed by atoms with van der Waals surface area (Å²) in [7, 11) is -4.61. The Balaban J connectivity index is 0. The fourth-order valence-corrected chi connectivity index (χ4v) is 0. The zero-order valence-electron chi connectivity index (χ0n) is 3.27. The van der Waals surface area contributed by atoms with Crippen LogP contribution in [-0.4, -0.2) is 28.2 Å². The van der Waals surface area contributed by atoms with Crippen molar-refractivity contribution in [2.24, 2.45) is 0 Å². The van der Waals surface area contributed by atoms with Crippen LogP contribution in [0.3, 0.4) is 0 Å². The molecule has 0 saturated heterocycles. The molecule has 5 nitrogen and oxygen atoms in total. The Kier molecular flexibility index (Phi) is 7.11. The molecule has 7 heteroatoms. The van der Waals surface area contributed by atoms with Crippen molar-refractivity contribution >= 4 is 9.05 Å². The fourth-order valence-electron chi connectivity index (χ4n) is 0. The molecule has 0 aliphatic rings. The van der Waals surface area contributed by atoms with Crippen molar-refractivity contribution in [1.29, 1.82) is 0 Å². The molecule has 0 bridgehead atoms. The molecule has 43 valence electrons. The minimum absolute atomic E-state index is 0.438. The Morgan fingerprint density at radius 1 is 1.00 bits per heavy atom. The van der Waals surface area contributed by atoms with Gasteiger partial charge in [0.1, 0.15) is 0 Å². The summed E-state index contributed by atoms with van der Waals surface area (Å²) in [4.78, 5) is 29.3. The van der Waals surface area contributed by atoms with Crippen LogP contribution < -0.4 is 0 Å². The molecule has 0 aromatic heterocycles. The molecular weight excluding hydrogens is 156 g/mol. The van der Waals surface area contributed by atoms with Gasteiger partial charge in [-0.1, -0.05) is 0 Å². The second kappa shape index (κ2) is 4.72. The van der Waals surface area contributed by atoms with Gasteiger partial charge in [-0.3, -0.25) is 0 Å². The van der Waals surface area contributed by atoms with E-state index in [1.165, 1.54) is 0 Å². The molecule has 0 aromatic rings. The van der Waals surface area contributed by atoms with Gasteiger partial charge in [0.05, 0.1) is 0 Å². The van der Waals surface area contributed by atoms with Crippen LogP contribution in [0.4, 0.5) is 0 Å². The second-order valence-electron chi connectivity index (χ2n) is 0.600. The van der Waals surface area contributed by atoms with Crippen LogP contribution in [0.15, 0.2) is 0 Å². The molecule has 0 fully saturated rings. The van der Waals surface area contributed by atoms with Crippen LogP contribution in [-0.2, 0) is 23.7 Å². The van der Waals surface area contributed by atoms with E-state index in [1.807, 2.05) is 0 Å². The Labute approximate surface area is 52.4 Å². The number of hydrogen-bond donors (Lipinski definition) is 4. The second-order valence-corrected chi connectivity index (χ2v) is 1.80. The van der Waals surface area contributed by atoms with Gasteiger partial charge in [-0.15, -0.1) is 0 Å². The van der Waals surface area contributed by atoms with E-state index >= 15 is 0 Å². The average Bonchev–Trinajstić information content (AvgIpc) is 1.36. The average molecular weight is 161 g/mol. The first-order chi connectivity index (χ1) is 3.00. The van der Waals surface area contributed by atoms with Crippen LogP contribution in [0.25, 0.3) is 0 Å². The van der Waals surface area contributed by atoms with E-state index in [4.69, 9.17) is 22.5 Å². The first-order valence-corrected chi connectivity index (χ1v) is 3.66. The number of rotatable bonds is 0. The van der Waals surface area contributed by atoms with E-state index in [-0.39, 0.29) is 0 Å². The van der Waals surface area contributed by atoms with Gasteiger partial charge in [-0.05, 0) is 0 Å². The predicted octanol–water partition coefficient (Wildman–Crippen LogP) is -3.00. The molecule has 0 aliphatic heterocycles. The SMILES string of the molecule is O[Si](O)(O)O.[O]=[TiH]. The third kappa shape index (κ3) is 421. The summed E-state index contributed by atoms with van der Waals surface area (Å²) in [6, 6.07) is 0. The summed E-state index contributed by atoms with van der Waals surface area (Å²) in [5.74, 6) is 0. The van der Waals surface area contributed by atoms with Crippen molar-refractivity contribution in [2.45, 2.75) is 0 Å². The molecule has 7 heavy (non-hydrogen) atoms. The summed E-state index contributed by atoms with van der Waals surface area (Å²) in [6.07, 6.45) is 0. The zero-order chi connectivity index (χ0) is 6.50. The summed E-state index contributed by atoms with van der Waals surface area (Å²) < 4.78 is 8.31. The molecule has 0 aliphatic carbocycles. The van der Waals surface area contributed by atoms with E-state index in [1.54, 1.807) is 0 Å². The molecule has 4 N–H and O–H groups in total. The summed E-state index contributed by atoms with van der Waals surface area (Å²) in [6.45, 7) is 0. The third-order valence-corrected chi connectivity index (χ3v) is 0. The van der Waals surface area contributed by atoms with E-state index in [9.17, 15) is 0 Å². The monoisotopic (exact) mass is 161 g/mol. The maximum atomic E-state index is 8.31. The summed E-state index contributed by atoms with van der Waals surface area (Å²) >= 11 is 0.438. The Morgan fingerprint density at radius 3 is 1.00 bits per heavy atom. The van der Waals surface area contributed by atoms with Crippen LogP contribution in [0.1, 0.15) is 0 Å². The predicted molar refractivity (Wildman–Crippen MR) is 16.7 cm³/mol. The topological polar surface area (TPSA) is 98.0 Å². The van der Waals surface area contributed by atoms with Gasteiger partial charge in [0.25, 0.3) is 0 Å². The molecule has 0 aromatic carbocycles. The zero-order valence-corrected chi connectivity index (χ0v) is 6.08. The Morgan fingerprint density at radius 2 is 1.00 bits per heavy atom. The number of hydrogen-bond acceptors (Lipinski definition) is 5. The standard InChI is InChI=1S/H4O4Si.O.Ti.H/c1-5(2,3)4;;;/h1-4H;;;. The third-order valence-electron chi connectivity index (χ3n) is 0. The summed E-state index contributed by atoms with van der Waals surface area (Å²) in [5, 5.41) is 0. The molecule has 0 rings (SSSR count). The van der Waals surface area contributed by atoms with Gasteiger partial charge in [0.15, 0.2) is 0 Å². The molecule has 0 amide bonds. The first-order valence-electron chi connectivity index (χ1n) is 1.13. The van der Waals surface area contributed by atoms with Gasteiger partial charge in [0, 0.05) is 0 Å². The van der Waals surface area contributed by atoms with Crippen molar-refractivity contribution in [1.82, 2.24) is 0 Å². The quantitative estimate of drug-likeness (QED) is 0.284. The van der Waals surface area contributed by atoms with Gasteiger partial charge < -0.3 is 19.2 Å². The van der Waals surface area contributed by atoms with Crippen LogP contribution in [0.2, 0.25) is 0 Å². The molecule has 0 atom stereocenters. The van der Waals surface area contributed by atoms with Gasteiger partial charge in [-0.25, -0.2) is 0 Å². The Bertz CT molecular complexity index is 31.8. The van der Waals surface area contributed by atoms with E-state index in [0.29, 0.717) is 20.4 Å². The maximum absolute atomic E-state index is 8.31. The first kappa shape index (κ1) is 10.5. The Hall–Kier alpha value is 0.571. The van der Waals surface area contributed by atoms with Crippen molar-refractivity contribution in [2.75, 3.05) is 0 Å². The molecule has 0 heterocycles. The van der Waals surface area contributed by atoms with E-state index in [0.717, 1.165) is 0 Å². The van der Waals surface area contributed by atoms with Crippen molar-refractivity contribution in [3.63, 3.8) is 0 Å². The fraction of sp³-hybridized carbons (Fsp3) is 0. The van der Waals surface area contributed by atoms with Crippen molar-refractivity contribution in [3.8, 4) is 0 Å². The van der Waals surface area contributed by atoms with Crippen molar-refractivity contribution < 1.29 is 42.9 Å². The van der Waals surface area contributed by atoms with E-state index < -0.39 is 9.05 Å². The summed E-state index contributed by atoms with van der Waals surface area (Å²) in [5.41, 5.74) is 0. The van der Waals surface area contributed by atoms with Gasteiger partial charge in [-0.2, -0.15) is 0 Å². The van der Waals surface area contributed by atoms with Crippen LogP contribution in [0, 0.1) is 0 Å². The molecular formula is H5O5SiTi. The normalized spacial score (nSPS) is 9.00. The molecule has 0 saturated carbocycles. The van der Waals surface area contributed by atoms with Gasteiger partial charge >= 0.3 is 32.8 Å². The van der Waals surface area contributed by atoms with Gasteiger partial charge in [0.2, 0.25) is 0 Å². The van der Waals surface area contributed by atoms with Crippen LogP contribution >= 0.6 is 0 Å². The minimum atomic E-state index is -4.61. The van der Waals surface area contributed by atoms with Crippen LogP contribution in [0.5, 0.6) is 0 Å².